The summed E-state index contributed by atoms with van der Waals surface area (Å²) in [5.74, 6) is -2.55. The van der Waals surface area contributed by atoms with Crippen LogP contribution in [0.5, 0.6) is 0 Å². The van der Waals surface area contributed by atoms with E-state index in [0.717, 1.165) is 61.2 Å². The van der Waals surface area contributed by atoms with Gasteiger partial charge in [-0.25, -0.2) is 0 Å². The highest BCUT2D eigenvalue weighted by atomic mass is 16.7. The molecule has 20 atom stereocenters. The van der Waals surface area contributed by atoms with E-state index in [4.69, 9.17) is 85.3 Å². The van der Waals surface area contributed by atoms with Crippen molar-refractivity contribution in [2.45, 2.75) is 235 Å². The highest BCUT2D eigenvalue weighted by molar-refractivity contribution is 5.67. The Morgan fingerprint density at radius 1 is 0.198 bits per heavy atom. The number of carbonyl (C=O) groups excluding carboxylic acids is 3. The highest BCUT2D eigenvalue weighted by Crippen LogP contribution is 2.45. The fourth-order valence-corrected chi connectivity index (χ4v) is 18.0. The Kier molecular flexibility index (Phi) is 36.3. The molecule has 4 fully saturated rings. The van der Waals surface area contributed by atoms with Gasteiger partial charge in [-0.15, -0.1) is 0 Å². The molecular weight excluding hydrogens is 1660 g/mol. The fourth-order valence-electron chi connectivity index (χ4n) is 18.0. The van der Waals surface area contributed by atoms with Crippen LogP contribution in [0.25, 0.3) is 0 Å². The maximum atomic E-state index is 14.5. The van der Waals surface area contributed by atoms with Crippen LogP contribution in [0.4, 0.5) is 0 Å². The lowest BCUT2D eigenvalue weighted by Gasteiger charge is -2.52. The molecule has 15 rings (SSSR count). The maximum absolute atomic E-state index is 14.5. The molecular formula is C110H120O21. The molecule has 4 heterocycles. The molecule has 4 aliphatic heterocycles. The van der Waals surface area contributed by atoms with Gasteiger partial charge < -0.3 is 85.3 Å². The minimum Gasteiger partial charge on any atom is -0.457 e. The Labute approximate surface area is 769 Å². The van der Waals surface area contributed by atoms with Gasteiger partial charge in [-0.2, -0.15) is 0 Å². The summed E-state index contributed by atoms with van der Waals surface area (Å²) in [6.45, 7) is 5.86. The lowest BCUT2D eigenvalue weighted by molar-refractivity contribution is -0.293. The largest absolute Gasteiger partial charge is 0.457 e. The summed E-state index contributed by atoms with van der Waals surface area (Å²) < 4.78 is 130. The predicted octanol–water partition coefficient (Wildman–Crippen LogP) is 18.4. The van der Waals surface area contributed by atoms with Gasteiger partial charge in [0, 0.05) is 33.1 Å². The third-order valence-corrected chi connectivity index (χ3v) is 24.2. The molecule has 0 amide bonds. The van der Waals surface area contributed by atoms with Crippen LogP contribution in [-0.4, -0.2) is 154 Å². The Bertz CT molecular complexity index is 5090. The average Bonchev–Trinajstić information content (AvgIpc) is 0.714. The maximum Gasteiger partial charge on any atom is 0.303 e. The minimum absolute atomic E-state index is 0.0139. The van der Waals surface area contributed by atoms with Crippen molar-refractivity contribution in [3.63, 3.8) is 0 Å². The molecule has 21 heteroatoms. The molecule has 0 spiro atoms. The zero-order valence-corrected chi connectivity index (χ0v) is 74.6. The van der Waals surface area contributed by atoms with Crippen LogP contribution in [-0.2, 0) is 172 Å². The van der Waals surface area contributed by atoms with Crippen molar-refractivity contribution in [2.24, 2.45) is 5.92 Å². The third-order valence-electron chi connectivity index (χ3n) is 24.2. The van der Waals surface area contributed by atoms with Gasteiger partial charge >= 0.3 is 17.9 Å². The summed E-state index contributed by atoms with van der Waals surface area (Å²) in [6.07, 6.45) is -18.4. The SMILES string of the molecule is CC(=O)O[C@@H]1[C@@H](OCc2ccccc2)[C@H](OCc2ccccc2)[C@@H](COCc2ccccc2)O[C@H]1CC[C@H]1O[C@H](C[C@H]2O[C@H](COCc3ccccc3)[C@@H](OCc3ccccc3)[C@H](OCc3ccccc3)[C@H]2OC(C)=O)[C@H](OCc2ccccc2)[C@@H](OCc2ccccc2)[C@H]1C[C@@H]1O[C@H](COCc2ccccc2)[C@@H](OCc2ccccc2)[C@H](OCc2ccccc2)[C@H]1OC(C)=O. The van der Waals surface area contributed by atoms with Crippen LogP contribution >= 0.6 is 0 Å². The Morgan fingerprint density at radius 3 is 0.634 bits per heavy atom. The van der Waals surface area contributed by atoms with E-state index in [2.05, 4.69) is 0 Å². The van der Waals surface area contributed by atoms with Crippen LogP contribution in [0.15, 0.2) is 334 Å². The van der Waals surface area contributed by atoms with E-state index in [1.807, 2.05) is 334 Å². The lowest BCUT2D eigenvalue weighted by atomic mass is 9.76. The Balaban J connectivity index is 0.884. The van der Waals surface area contributed by atoms with Crippen molar-refractivity contribution < 1.29 is 99.6 Å². The number of ether oxygens (including phenoxy) is 18. The highest BCUT2D eigenvalue weighted by Gasteiger charge is 2.58. The quantitative estimate of drug-likeness (QED) is 0.0256. The lowest BCUT2D eigenvalue weighted by Crippen LogP contribution is -2.65. The van der Waals surface area contributed by atoms with Gasteiger partial charge in [-0.1, -0.05) is 334 Å². The van der Waals surface area contributed by atoms with E-state index in [9.17, 15) is 14.4 Å². The Hall–Kier alpha value is -10.8. The van der Waals surface area contributed by atoms with Crippen LogP contribution in [0.2, 0.25) is 0 Å². The summed E-state index contributed by atoms with van der Waals surface area (Å²) in [5, 5.41) is 0. The molecule has 11 aromatic carbocycles. The Morgan fingerprint density at radius 2 is 0.382 bits per heavy atom. The molecule has 4 saturated heterocycles. The topological polar surface area (TPSA) is 217 Å². The molecule has 0 radical (unpaired) electrons. The number of esters is 3. The van der Waals surface area contributed by atoms with Crippen molar-refractivity contribution in [3.05, 3.63) is 395 Å². The zero-order valence-electron chi connectivity index (χ0n) is 74.6. The molecule has 4 aliphatic rings. The molecule has 0 unspecified atom stereocenters. The molecule has 0 saturated carbocycles. The fraction of sp³-hybridized carbons (Fsp3) is 0.373. The molecule has 0 N–H and O–H groups in total. The molecule has 686 valence electrons. The van der Waals surface area contributed by atoms with Crippen molar-refractivity contribution >= 4 is 17.9 Å². The van der Waals surface area contributed by atoms with Crippen molar-refractivity contribution in [3.8, 4) is 0 Å². The second-order valence-electron chi connectivity index (χ2n) is 33.9. The van der Waals surface area contributed by atoms with Gasteiger partial charge in [0.05, 0.1) is 123 Å². The zero-order chi connectivity index (χ0) is 90.0. The monoisotopic (exact) mass is 1780 g/mol. The molecule has 0 aliphatic carbocycles. The first-order chi connectivity index (χ1) is 64.4. The van der Waals surface area contributed by atoms with Gasteiger partial charge in [-0.3, -0.25) is 14.4 Å². The molecule has 0 bridgehead atoms. The van der Waals surface area contributed by atoms with Crippen LogP contribution in [0, 0.1) is 5.92 Å². The van der Waals surface area contributed by atoms with E-state index >= 15 is 0 Å². The van der Waals surface area contributed by atoms with E-state index in [0.29, 0.717) is 0 Å². The standard InChI is InChI=1S/C110H120O21/c1-77(111)125-105-93(129-97(74-114-63-80-37-15-4-16-38-80)102(119-68-85-47-25-9-26-48-85)108(105)122-71-88-53-31-12-32-54-88)60-59-92-91(61-94-106(126-78(2)112)109(123-72-89-55-33-13-34-56-89)103(120-69-86-49-27-10-28-50-86)98(130-94)75-115-64-81-39-17-5-18-40-81)100(117-66-83-43-21-7-22-44-83)101(118-67-84-45-23-8-24-46-84)95(128-92)62-96-107(127-79(3)113)110(124-73-90-57-35-14-36-58-90)104(121-70-87-51-29-11-30-52-87)99(131-96)76-116-65-82-41-19-6-20-42-82/h4-58,91-110H,59-76H2,1-3H3/t91-,92+,93-,94-,95+,96+,97+,98+,99+,100-,101-,102+,103+,104+,105-,106-,107-,108-,109-,110-/m0/s1. The van der Waals surface area contributed by atoms with Crippen molar-refractivity contribution in [1.82, 2.24) is 0 Å². The number of carbonyl (C=O) groups is 3. The van der Waals surface area contributed by atoms with Gasteiger partial charge in [0.25, 0.3) is 0 Å². The third kappa shape index (κ3) is 28.4. The van der Waals surface area contributed by atoms with Gasteiger partial charge in [0.1, 0.15) is 67.1 Å². The minimum atomic E-state index is -1.17. The van der Waals surface area contributed by atoms with E-state index < -0.39 is 140 Å². The van der Waals surface area contributed by atoms with Gasteiger partial charge in [0.15, 0.2) is 18.3 Å². The van der Waals surface area contributed by atoms with Crippen LogP contribution in [0.3, 0.4) is 0 Å². The molecule has 11 aromatic rings. The summed E-state index contributed by atoms with van der Waals surface area (Å²) in [5.41, 5.74) is 9.86. The normalized spacial score (nSPS) is 25.5. The first-order valence-electron chi connectivity index (χ1n) is 45.7. The number of hydrogen-bond donors (Lipinski definition) is 0. The van der Waals surface area contributed by atoms with Gasteiger partial charge in [-0.05, 0) is 80.5 Å². The molecule has 21 nitrogen and oxygen atoms in total. The first-order valence-corrected chi connectivity index (χ1v) is 45.7. The van der Waals surface area contributed by atoms with E-state index in [-0.39, 0.29) is 118 Å². The summed E-state index contributed by atoms with van der Waals surface area (Å²) in [4.78, 5) is 43.1. The van der Waals surface area contributed by atoms with Crippen LogP contribution < -0.4 is 0 Å². The smallest absolute Gasteiger partial charge is 0.303 e. The summed E-state index contributed by atoms with van der Waals surface area (Å²) in [6, 6.07) is 109. The van der Waals surface area contributed by atoms with Crippen LogP contribution in [0.1, 0.15) is 108 Å². The second kappa shape index (κ2) is 50.2. The van der Waals surface area contributed by atoms with Crippen molar-refractivity contribution in [2.75, 3.05) is 19.8 Å². The number of rotatable bonds is 46. The second-order valence-corrected chi connectivity index (χ2v) is 33.9. The van der Waals surface area contributed by atoms with Crippen molar-refractivity contribution in [1.29, 1.82) is 0 Å². The first kappa shape index (κ1) is 94.9. The summed E-state index contributed by atoms with van der Waals surface area (Å²) >= 11 is 0. The average molecular weight is 1780 g/mol. The van der Waals surface area contributed by atoms with E-state index in [1.54, 1.807) is 0 Å². The molecule has 131 heavy (non-hydrogen) atoms. The number of benzene rings is 11. The predicted molar refractivity (Wildman–Crippen MR) is 492 cm³/mol. The summed E-state index contributed by atoms with van der Waals surface area (Å²) in [7, 11) is 0. The molecule has 0 aromatic heterocycles. The van der Waals surface area contributed by atoms with Gasteiger partial charge in [0.2, 0.25) is 0 Å². The van der Waals surface area contributed by atoms with E-state index in [1.165, 1.54) is 20.8 Å². The number of hydrogen-bond acceptors (Lipinski definition) is 21.